The Kier molecular flexibility index (Phi) is 3.79. The molecule has 1 N–H and O–H groups in total. The monoisotopic (exact) mass is 233 g/mol. The third kappa shape index (κ3) is 3.07. The molecule has 1 aliphatic carbocycles. The van der Waals surface area contributed by atoms with Crippen LogP contribution in [0.3, 0.4) is 0 Å². The van der Waals surface area contributed by atoms with E-state index in [1.807, 2.05) is 18.2 Å². The highest BCUT2D eigenvalue weighted by Crippen LogP contribution is 2.29. The average molecular weight is 233 g/mol. The van der Waals surface area contributed by atoms with Crippen molar-refractivity contribution in [3.63, 3.8) is 0 Å². The van der Waals surface area contributed by atoms with Gasteiger partial charge in [0.15, 0.2) is 0 Å². The summed E-state index contributed by atoms with van der Waals surface area (Å²) in [5.41, 5.74) is 2.34. The molecule has 0 spiro atoms. The van der Waals surface area contributed by atoms with E-state index < -0.39 is 0 Å². The van der Waals surface area contributed by atoms with E-state index in [-0.39, 0.29) is 17.9 Å². The summed E-state index contributed by atoms with van der Waals surface area (Å²) >= 11 is 0. The van der Waals surface area contributed by atoms with E-state index in [0.717, 1.165) is 18.4 Å². The second kappa shape index (κ2) is 5.32. The maximum Gasteiger partial charge on any atom is 0.223 e. The Morgan fingerprint density at radius 1 is 1.47 bits per heavy atom. The van der Waals surface area contributed by atoms with Gasteiger partial charge in [-0.25, -0.2) is 0 Å². The van der Waals surface area contributed by atoms with Crippen LogP contribution in [0.25, 0.3) is 0 Å². The standard InChI is InChI=1S/C14H19NO2/c1-10-5-3-4-6-12(10)13(17-2)9-15-14(16)11-7-8-11/h3-6,11,13H,7-9H2,1-2H3,(H,15,16)/t13-/m1/s1. The van der Waals surface area contributed by atoms with Gasteiger partial charge in [-0.15, -0.1) is 0 Å². The zero-order valence-electron chi connectivity index (χ0n) is 10.4. The minimum atomic E-state index is -0.0566. The minimum Gasteiger partial charge on any atom is -0.375 e. The van der Waals surface area contributed by atoms with Gasteiger partial charge >= 0.3 is 0 Å². The lowest BCUT2D eigenvalue weighted by Gasteiger charge is -2.18. The number of benzene rings is 1. The smallest absolute Gasteiger partial charge is 0.223 e. The molecule has 0 radical (unpaired) electrons. The van der Waals surface area contributed by atoms with E-state index in [4.69, 9.17) is 4.74 Å². The summed E-state index contributed by atoms with van der Waals surface area (Å²) in [6.45, 7) is 2.61. The molecule has 17 heavy (non-hydrogen) atoms. The van der Waals surface area contributed by atoms with Crippen molar-refractivity contribution in [2.75, 3.05) is 13.7 Å². The van der Waals surface area contributed by atoms with Crippen LogP contribution in [0.5, 0.6) is 0 Å². The zero-order valence-corrected chi connectivity index (χ0v) is 10.4. The van der Waals surface area contributed by atoms with Crippen LogP contribution < -0.4 is 5.32 Å². The molecular formula is C14H19NO2. The Labute approximate surface area is 102 Å². The van der Waals surface area contributed by atoms with E-state index in [1.165, 1.54) is 5.56 Å². The highest BCUT2D eigenvalue weighted by Gasteiger charge is 2.29. The van der Waals surface area contributed by atoms with Crippen molar-refractivity contribution in [1.29, 1.82) is 0 Å². The van der Waals surface area contributed by atoms with Crippen LogP contribution in [0.2, 0.25) is 0 Å². The van der Waals surface area contributed by atoms with Crippen LogP contribution in [0.4, 0.5) is 0 Å². The number of rotatable bonds is 5. The number of methoxy groups -OCH3 is 1. The number of amides is 1. The molecule has 2 rings (SSSR count). The number of carbonyl (C=O) groups is 1. The highest BCUT2D eigenvalue weighted by molar-refractivity contribution is 5.80. The van der Waals surface area contributed by atoms with Crippen molar-refractivity contribution in [1.82, 2.24) is 5.32 Å². The van der Waals surface area contributed by atoms with Crippen LogP contribution in [0.15, 0.2) is 24.3 Å². The summed E-state index contributed by atoms with van der Waals surface area (Å²) in [6, 6.07) is 8.11. The predicted octanol–water partition coefficient (Wildman–Crippen LogP) is 2.21. The van der Waals surface area contributed by atoms with Crippen LogP contribution in [-0.2, 0) is 9.53 Å². The Morgan fingerprint density at radius 2 is 2.18 bits per heavy atom. The fourth-order valence-corrected chi connectivity index (χ4v) is 1.95. The fraction of sp³-hybridized carbons (Fsp3) is 0.500. The molecule has 1 aromatic carbocycles. The quantitative estimate of drug-likeness (QED) is 0.846. The molecule has 92 valence electrons. The summed E-state index contributed by atoms with van der Waals surface area (Å²) in [4.78, 5) is 11.6. The van der Waals surface area contributed by atoms with Gasteiger partial charge in [-0.3, -0.25) is 4.79 Å². The van der Waals surface area contributed by atoms with Gasteiger partial charge < -0.3 is 10.1 Å². The van der Waals surface area contributed by atoms with E-state index in [1.54, 1.807) is 7.11 Å². The molecule has 0 aliphatic heterocycles. The second-order valence-electron chi connectivity index (χ2n) is 4.60. The molecule has 0 bridgehead atoms. The molecule has 0 unspecified atom stereocenters. The average Bonchev–Trinajstić information content (AvgIpc) is 3.15. The first kappa shape index (κ1) is 12.1. The number of aryl methyl sites for hydroxylation is 1. The van der Waals surface area contributed by atoms with Gasteiger partial charge in [-0.1, -0.05) is 24.3 Å². The predicted molar refractivity (Wildman–Crippen MR) is 66.7 cm³/mol. The Morgan fingerprint density at radius 3 is 2.76 bits per heavy atom. The van der Waals surface area contributed by atoms with Gasteiger partial charge in [-0.2, -0.15) is 0 Å². The van der Waals surface area contributed by atoms with Crippen molar-refractivity contribution in [3.05, 3.63) is 35.4 Å². The van der Waals surface area contributed by atoms with Gasteiger partial charge in [0.2, 0.25) is 5.91 Å². The molecule has 0 saturated heterocycles. The maximum atomic E-state index is 11.6. The lowest BCUT2D eigenvalue weighted by molar-refractivity contribution is -0.122. The van der Waals surface area contributed by atoms with Crippen molar-refractivity contribution >= 4 is 5.91 Å². The zero-order chi connectivity index (χ0) is 12.3. The first-order chi connectivity index (χ1) is 8.22. The molecule has 0 heterocycles. The summed E-state index contributed by atoms with van der Waals surface area (Å²) in [6.07, 6.45) is 2.01. The Hall–Kier alpha value is -1.35. The van der Waals surface area contributed by atoms with E-state index in [2.05, 4.69) is 18.3 Å². The summed E-state index contributed by atoms with van der Waals surface area (Å²) in [5, 5.41) is 2.96. The normalized spacial score (nSPS) is 16.6. The highest BCUT2D eigenvalue weighted by atomic mass is 16.5. The SMILES string of the molecule is CO[C@H](CNC(=O)C1CC1)c1ccccc1C. The van der Waals surface area contributed by atoms with E-state index in [0.29, 0.717) is 6.54 Å². The largest absolute Gasteiger partial charge is 0.375 e. The van der Waals surface area contributed by atoms with Gasteiger partial charge in [0.05, 0.1) is 6.10 Å². The maximum absolute atomic E-state index is 11.6. The third-order valence-electron chi connectivity index (χ3n) is 3.23. The lowest BCUT2D eigenvalue weighted by atomic mass is 10.0. The van der Waals surface area contributed by atoms with Crippen LogP contribution in [0.1, 0.15) is 30.1 Å². The lowest BCUT2D eigenvalue weighted by Crippen LogP contribution is -2.30. The van der Waals surface area contributed by atoms with Crippen LogP contribution >= 0.6 is 0 Å². The molecule has 1 atom stereocenters. The van der Waals surface area contributed by atoms with Crippen LogP contribution in [0, 0.1) is 12.8 Å². The molecule has 1 aromatic rings. The Bertz CT molecular complexity index is 399. The Balaban J connectivity index is 1.96. The first-order valence-corrected chi connectivity index (χ1v) is 6.08. The van der Waals surface area contributed by atoms with Gasteiger partial charge in [-0.05, 0) is 30.9 Å². The van der Waals surface area contributed by atoms with Crippen LogP contribution in [-0.4, -0.2) is 19.6 Å². The van der Waals surface area contributed by atoms with E-state index in [9.17, 15) is 4.79 Å². The fourth-order valence-electron chi connectivity index (χ4n) is 1.95. The molecular weight excluding hydrogens is 214 g/mol. The molecule has 1 aliphatic rings. The molecule has 3 nitrogen and oxygen atoms in total. The summed E-state index contributed by atoms with van der Waals surface area (Å²) in [7, 11) is 1.68. The van der Waals surface area contributed by atoms with Crippen molar-refractivity contribution in [2.45, 2.75) is 25.9 Å². The summed E-state index contributed by atoms with van der Waals surface area (Å²) < 4.78 is 5.45. The van der Waals surface area contributed by atoms with Crippen molar-refractivity contribution in [2.24, 2.45) is 5.92 Å². The molecule has 1 fully saturated rings. The van der Waals surface area contributed by atoms with Crippen molar-refractivity contribution < 1.29 is 9.53 Å². The number of nitrogens with one attached hydrogen (secondary N) is 1. The summed E-state index contributed by atoms with van der Waals surface area (Å²) in [5.74, 6) is 0.421. The number of ether oxygens (including phenoxy) is 1. The van der Waals surface area contributed by atoms with Gasteiger partial charge in [0, 0.05) is 19.6 Å². The topological polar surface area (TPSA) is 38.3 Å². The molecule has 1 amide bonds. The third-order valence-corrected chi connectivity index (χ3v) is 3.23. The number of hydrogen-bond donors (Lipinski definition) is 1. The van der Waals surface area contributed by atoms with Crippen molar-refractivity contribution in [3.8, 4) is 0 Å². The van der Waals surface area contributed by atoms with Gasteiger partial charge in [0.1, 0.15) is 0 Å². The second-order valence-corrected chi connectivity index (χ2v) is 4.60. The van der Waals surface area contributed by atoms with E-state index >= 15 is 0 Å². The molecule has 1 saturated carbocycles. The minimum absolute atomic E-state index is 0.0566. The molecule has 0 aromatic heterocycles. The first-order valence-electron chi connectivity index (χ1n) is 6.08. The van der Waals surface area contributed by atoms with Gasteiger partial charge in [0.25, 0.3) is 0 Å². The molecule has 3 heteroatoms. The number of hydrogen-bond acceptors (Lipinski definition) is 2. The number of carbonyl (C=O) groups excluding carboxylic acids is 1.